The maximum absolute atomic E-state index is 12.9. The summed E-state index contributed by atoms with van der Waals surface area (Å²) >= 11 is 0. The van der Waals surface area contributed by atoms with Crippen molar-refractivity contribution in [3.63, 3.8) is 0 Å². The van der Waals surface area contributed by atoms with E-state index in [0.29, 0.717) is 12.3 Å². The Bertz CT molecular complexity index is 642. The average Bonchev–Trinajstić information content (AvgIpc) is 2.68. The molecule has 0 spiro atoms. The molecule has 1 amide bonds. The highest BCUT2D eigenvalue weighted by Gasteiger charge is 2.30. The van der Waals surface area contributed by atoms with Crippen LogP contribution in [-0.4, -0.2) is 29.9 Å². The molecule has 1 rings (SSSR count). The predicted molar refractivity (Wildman–Crippen MR) is 120 cm³/mol. The van der Waals surface area contributed by atoms with Crippen LogP contribution in [-0.2, 0) is 20.9 Å². The van der Waals surface area contributed by atoms with Crippen LogP contribution in [0, 0.1) is 11.8 Å². The van der Waals surface area contributed by atoms with Crippen molar-refractivity contribution in [1.29, 1.82) is 0 Å². The van der Waals surface area contributed by atoms with Crippen LogP contribution >= 0.6 is 0 Å². The number of rotatable bonds is 11. The van der Waals surface area contributed by atoms with Gasteiger partial charge in [0.2, 0.25) is 0 Å². The molecule has 0 heterocycles. The summed E-state index contributed by atoms with van der Waals surface area (Å²) in [6.07, 6.45) is 1.58. The van der Waals surface area contributed by atoms with Crippen molar-refractivity contribution in [2.24, 2.45) is 11.8 Å². The van der Waals surface area contributed by atoms with Crippen molar-refractivity contribution in [3.8, 4) is 0 Å². The quantitative estimate of drug-likeness (QED) is 0.388. The van der Waals surface area contributed by atoms with Crippen LogP contribution in [0.2, 0.25) is 0 Å². The Morgan fingerprint density at radius 1 is 1.03 bits per heavy atom. The van der Waals surface area contributed by atoms with Gasteiger partial charge in [0.15, 0.2) is 0 Å². The third-order valence-corrected chi connectivity index (χ3v) is 5.10. The van der Waals surface area contributed by atoms with Crippen molar-refractivity contribution < 1.29 is 19.1 Å². The number of ether oxygens (including phenoxy) is 2. The molecule has 1 aromatic rings. The Balaban J connectivity index is 2.87. The van der Waals surface area contributed by atoms with Crippen molar-refractivity contribution in [2.75, 3.05) is 0 Å². The van der Waals surface area contributed by atoms with E-state index in [0.717, 1.165) is 18.4 Å². The minimum atomic E-state index is -0.588. The van der Waals surface area contributed by atoms with E-state index in [1.165, 1.54) is 0 Å². The summed E-state index contributed by atoms with van der Waals surface area (Å²) in [4.78, 5) is 25.2. The molecule has 0 aliphatic carbocycles. The lowest BCUT2D eigenvalue weighted by Crippen LogP contribution is -2.55. The fourth-order valence-corrected chi connectivity index (χ4v) is 2.92. The first-order chi connectivity index (χ1) is 14.1. The third kappa shape index (κ3) is 10.1. The van der Waals surface area contributed by atoms with Crippen LogP contribution in [0.1, 0.15) is 73.3 Å². The zero-order chi connectivity index (χ0) is 22.7. The summed E-state index contributed by atoms with van der Waals surface area (Å²) in [5.74, 6) is 0.108. The molecule has 30 heavy (non-hydrogen) atoms. The summed E-state index contributed by atoms with van der Waals surface area (Å²) in [6.45, 7) is 14.0. The van der Waals surface area contributed by atoms with Gasteiger partial charge in [0.05, 0.1) is 6.17 Å². The second kappa shape index (κ2) is 12.6. The molecule has 0 saturated heterocycles. The highest BCUT2D eigenvalue weighted by molar-refractivity contribution is 5.76. The molecule has 170 valence electrons. The first-order valence-corrected chi connectivity index (χ1v) is 11.0. The normalized spacial score (nSPS) is 15.6. The molecule has 0 aliphatic heterocycles. The number of amides is 1. The van der Waals surface area contributed by atoms with E-state index in [2.05, 4.69) is 24.5 Å². The van der Waals surface area contributed by atoms with Crippen LogP contribution in [0.4, 0.5) is 4.79 Å². The smallest absolute Gasteiger partial charge is 0.408 e. The molecule has 4 unspecified atom stereocenters. The van der Waals surface area contributed by atoms with E-state index in [1.54, 1.807) is 0 Å². The fourth-order valence-electron chi connectivity index (χ4n) is 2.92. The number of carbonyl (C=O) groups is 2. The Morgan fingerprint density at radius 2 is 1.67 bits per heavy atom. The molecule has 0 aromatic heterocycles. The molecule has 0 aliphatic rings. The monoisotopic (exact) mass is 420 g/mol. The van der Waals surface area contributed by atoms with Gasteiger partial charge in [-0.15, -0.1) is 0 Å². The second-order valence-electron chi connectivity index (χ2n) is 9.07. The third-order valence-electron chi connectivity index (χ3n) is 5.10. The Kier molecular flexibility index (Phi) is 10.9. The van der Waals surface area contributed by atoms with Gasteiger partial charge in [-0.3, -0.25) is 10.1 Å². The van der Waals surface area contributed by atoms with E-state index in [4.69, 9.17) is 9.47 Å². The zero-order valence-corrected chi connectivity index (χ0v) is 19.7. The molecular formula is C24H40N2O4. The van der Waals surface area contributed by atoms with Gasteiger partial charge in [-0.1, -0.05) is 70.9 Å². The molecule has 6 nitrogen and oxygen atoms in total. The van der Waals surface area contributed by atoms with Gasteiger partial charge in [-0.2, -0.15) is 0 Å². The first kappa shape index (κ1) is 26.0. The molecule has 0 radical (unpaired) electrons. The topological polar surface area (TPSA) is 76.7 Å². The number of esters is 1. The van der Waals surface area contributed by atoms with E-state index < -0.39 is 23.9 Å². The van der Waals surface area contributed by atoms with Gasteiger partial charge < -0.3 is 14.8 Å². The summed E-state index contributed by atoms with van der Waals surface area (Å²) < 4.78 is 11.0. The van der Waals surface area contributed by atoms with Gasteiger partial charge >= 0.3 is 12.1 Å². The number of carbonyl (C=O) groups excluding carboxylic acids is 2. The summed E-state index contributed by atoms with van der Waals surface area (Å²) in [5, 5.41) is 6.23. The molecule has 1 aromatic carbocycles. The molecular weight excluding hydrogens is 380 g/mol. The van der Waals surface area contributed by atoms with Crippen molar-refractivity contribution in [3.05, 3.63) is 35.9 Å². The average molecular weight is 421 g/mol. The minimum absolute atomic E-state index is 0.0492. The summed E-state index contributed by atoms with van der Waals surface area (Å²) in [7, 11) is 0. The highest BCUT2D eigenvalue weighted by atomic mass is 16.6. The minimum Gasteiger partial charge on any atom is -0.460 e. The molecule has 6 heteroatoms. The number of nitrogens with one attached hydrogen (secondary N) is 2. The van der Waals surface area contributed by atoms with Gasteiger partial charge in [0.1, 0.15) is 18.2 Å². The maximum atomic E-state index is 12.9. The second-order valence-corrected chi connectivity index (χ2v) is 9.07. The van der Waals surface area contributed by atoms with Crippen LogP contribution in [0.15, 0.2) is 30.3 Å². The van der Waals surface area contributed by atoms with E-state index in [1.807, 2.05) is 65.0 Å². The Hall–Kier alpha value is -2.08. The SMILES string of the molecule is CCC(C)CC(NC(=O)OC(C)(C)C)NC(C(=O)OCc1ccccc1)C(C)CC. The molecule has 0 fully saturated rings. The van der Waals surface area contributed by atoms with Crippen LogP contribution in [0.5, 0.6) is 0 Å². The van der Waals surface area contributed by atoms with Crippen molar-refractivity contribution in [1.82, 2.24) is 10.6 Å². The lowest BCUT2D eigenvalue weighted by atomic mass is 9.97. The predicted octanol–water partition coefficient (Wildman–Crippen LogP) is 5.02. The number of hydrogen-bond acceptors (Lipinski definition) is 5. The van der Waals surface area contributed by atoms with Gasteiger partial charge in [-0.25, -0.2) is 4.79 Å². The number of alkyl carbamates (subject to hydrolysis) is 1. The first-order valence-electron chi connectivity index (χ1n) is 11.0. The van der Waals surface area contributed by atoms with E-state index >= 15 is 0 Å². The Labute approximate surface area is 182 Å². The van der Waals surface area contributed by atoms with Crippen LogP contribution in [0.3, 0.4) is 0 Å². The fraction of sp³-hybridized carbons (Fsp3) is 0.667. The summed E-state index contributed by atoms with van der Waals surface area (Å²) in [6, 6.07) is 9.09. The maximum Gasteiger partial charge on any atom is 0.408 e. The van der Waals surface area contributed by atoms with E-state index in [-0.39, 0.29) is 18.5 Å². The standard InChI is InChI=1S/C24H40N2O4/c1-8-17(3)15-20(26-23(28)30-24(5,6)7)25-21(18(4)9-2)22(27)29-16-19-13-11-10-12-14-19/h10-14,17-18,20-21,25H,8-9,15-16H2,1-7H3,(H,26,28). The largest absolute Gasteiger partial charge is 0.460 e. The van der Waals surface area contributed by atoms with Crippen molar-refractivity contribution >= 4 is 12.1 Å². The van der Waals surface area contributed by atoms with Gasteiger partial charge in [-0.05, 0) is 44.6 Å². The summed E-state index contributed by atoms with van der Waals surface area (Å²) in [5.41, 5.74) is 0.354. The van der Waals surface area contributed by atoms with Gasteiger partial charge in [0.25, 0.3) is 0 Å². The van der Waals surface area contributed by atoms with Crippen LogP contribution < -0.4 is 10.6 Å². The van der Waals surface area contributed by atoms with E-state index in [9.17, 15) is 9.59 Å². The van der Waals surface area contributed by atoms with Crippen LogP contribution in [0.25, 0.3) is 0 Å². The van der Waals surface area contributed by atoms with Gasteiger partial charge in [0, 0.05) is 0 Å². The molecule has 0 saturated carbocycles. The molecule has 0 bridgehead atoms. The lowest BCUT2D eigenvalue weighted by molar-refractivity contribution is -0.149. The van der Waals surface area contributed by atoms with Crippen molar-refractivity contribution in [2.45, 2.75) is 92.1 Å². The Morgan fingerprint density at radius 3 is 2.20 bits per heavy atom. The number of benzene rings is 1. The molecule has 4 atom stereocenters. The highest BCUT2D eigenvalue weighted by Crippen LogP contribution is 2.16. The number of hydrogen-bond donors (Lipinski definition) is 2. The molecule has 2 N–H and O–H groups in total. The zero-order valence-electron chi connectivity index (χ0n) is 19.7. The lowest BCUT2D eigenvalue weighted by Gasteiger charge is -2.31.